The van der Waals surface area contributed by atoms with Crippen LogP contribution in [0.5, 0.6) is 5.75 Å². The number of halogens is 2. The van der Waals surface area contributed by atoms with Gasteiger partial charge in [0.25, 0.3) is 5.91 Å². The number of nitrogens with one attached hydrogen (secondary N) is 2. The topological polar surface area (TPSA) is 74.1 Å². The largest absolute Gasteiger partial charge is 0.497 e. The molecular formula is C19H17Cl2N3O2. The maximum absolute atomic E-state index is 12.1. The fraction of sp³-hybridized carbons (Fsp3) is 0.158. The van der Waals surface area contributed by atoms with Gasteiger partial charge in [0.1, 0.15) is 17.4 Å². The Labute approximate surface area is 162 Å². The molecule has 26 heavy (non-hydrogen) atoms. The molecule has 0 saturated carbocycles. The summed E-state index contributed by atoms with van der Waals surface area (Å²) < 4.78 is 5.10. The first kappa shape index (κ1) is 19.6. The fourth-order valence-corrected chi connectivity index (χ4v) is 2.48. The molecule has 2 aromatic carbocycles. The van der Waals surface area contributed by atoms with E-state index in [-0.39, 0.29) is 5.57 Å². The van der Waals surface area contributed by atoms with Crippen molar-refractivity contribution in [2.45, 2.75) is 6.42 Å². The predicted octanol–water partition coefficient (Wildman–Crippen LogP) is 4.18. The van der Waals surface area contributed by atoms with Gasteiger partial charge in [-0.1, -0.05) is 41.4 Å². The van der Waals surface area contributed by atoms with Gasteiger partial charge >= 0.3 is 0 Å². The van der Waals surface area contributed by atoms with Crippen molar-refractivity contribution in [3.8, 4) is 11.8 Å². The second-order valence-electron chi connectivity index (χ2n) is 5.27. The third-order valence-corrected chi connectivity index (χ3v) is 4.37. The molecule has 134 valence electrons. The van der Waals surface area contributed by atoms with Crippen LogP contribution in [0, 0.1) is 11.3 Å². The summed E-state index contributed by atoms with van der Waals surface area (Å²) in [5, 5.41) is 15.4. The van der Waals surface area contributed by atoms with E-state index in [4.69, 9.17) is 27.9 Å². The minimum absolute atomic E-state index is 0.0595. The van der Waals surface area contributed by atoms with Crippen molar-refractivity contribution < 1.29 is 9.53 Å². The number of hydrogen-bond acceptors (Lipinski definition) is 4. The van der Waals surface area contributed by atoms with Crippen LogP contribution in [-0.2, 0) is 11.2 Å². The van der Waals surface area contributed by atoms with Gasteiger partial charge in [0.2, 0.25) is 0 Å². The number of amides is 1. The summed E-state index contributed by atoms with van der Waals surface area (Å²) in [6.45, 7) is 0.405. The molecule has 0 fully saturated rings. The number of carbonyl (C=O) groups excluding carboxylic acids is 1. The highest BCUT2D eigenvalue weighted by Crippen LogP contribution is 2.29. The highest BCUT2D eigenvalue weighted by atomic mass is 35.5. The molecule has 5 nitrogen and oxygen atoms in total. The first-order chi connectivity index (χ1) is 12.5. The van der Waals surface area contributed by atoms with E-state index >= 15 is 0 Å². The number of hydrogen-bond donors (Lipinski definition) is 2. The van der Waals surface area contributed by atoms with Gasteiger partial charge in [-0.3, -0.25) is 4.79 Å². The third-order valence-electron chi connectivity index (χ3n) is 3.55. The molecule has 0 atom stereocenters. The Kier molecular flexibility index (Phi) is 7.34. The van der Waals surface area contributed by atoms with Gasteiger partial charge in [0.15, 0.2) is 0 Å². The molecule has 0 unspecified atom stereocenters. The molecule has 0 aliphatic carbocycles. The van der Waals surface area contributed by atoms with Crippen LogP contribution < -0.4 is 15.4 Å². The number of carbonyl (C=O) groups is 1. The Morgan fingerprint density at radius 1 is 1.23 bits per heavy atom. The number of nitrogens with zero attached hydrogens (tertiary/aromatic N) is 1. The lowest BCUT2D eigenvalue weighted by molar-refractivity contribution is -0.117. The molecule has 0 saturated heterocycles. The van der Waals surface area contributed by atoms with E-state index in [2.05, 4.69) is 10.6 Å². The van der Waals surface area contributed by atoms with Crippen LogP contribution in [0.2, 0.25) is 10.0 Å². The number of nitriles is 1. The summed E-state index contributed by atoms with van der Waals surface area (Å²) in [6.07, 6.45) is 1.95. The van der Waals surface area contributed by atoms with Gasteiger partial charge in [0, 0.05) is 12.7 Å². The molecule has 0 spiro atoms. The second-order valence-corrected chi connectivity index (χ2v) is 6.05. The second kappa shape index (κ2) is 9.71. The van der Waals surface area contributed by atoms with Crippen LogP contribution in [0.3, 0.4) is 0 Å². The molecule has 2 aromatic rings. The number of anilines is 1. The van der Waals surface area contributed by atoms with Gasteiger partial charge in [-0.05, 0) is 36.2 Å². The van der Waals surface area contributed by atoms with Crippen LogP contribution in [0.4, 0.5) is 5.69 Å². The number of methoxy groups -OCH3 is 1. The smallest absolute Gasteiger partial charge is 0.263 e. The maximum Gasteiger partial charge on any atom is 0.263 e. The van der Waals surface area contributed by atoms with Crippen LogP contribution in [-0.4, -0.2) is 19.6 Å². The van der Waals surface area contributed by atoms with Crippen molar-refractivity contribution >= 4 is 34.8 Å². The normalized spacial score (nSPS) is 10.8. The third kappa shape index (κ3) is 5.41. The van der Waals surface area contributed by atoms with Crippen LogP contribution in [0.1, 0.15) is 5.56 Å². The lowest BCUT2D eigenvalue weighted by atomic mass is 10.1. The number of ether oxygens (including phenoxy) is 1. The van der Waals surface area contributed by atoms with E-state index < -0.39 is 5.91 Å². The van der Waals surface area contributed by atoms with E-state index in [1.54, 1.807) is 25.3 Å². The number of rotatable bonds is 7. The van der Waals surface area contributed by atoms with Gasteiger partial charge in [-0.25, -0.2) is 0 Å². The fourth-order valence-electron chi connectivity index (χ4n) is 2.12. The lowest BCUT2D eigenvalue weighted by Gasteiger charge is -2.07. The van der Waals surface area contributed by atoms with Crippen molar-refractivity contribution in [3.05, 3.63) is 69.8 Å². The molecule has 0 radical (unpaired) electrons. The van der Waals surface area contributed by atoms with Gasteiger partial charge in [-0.2, -0.15) is 5.26 Å². The standard InChI is InChI=1S/C19H17Cl2N3O2/c1-26-15-7-5-13(6-8-15)9-10-23-19(25)14(11-22)12-24-17-4-2-3-16(20)18(17)21/h2-8,12,24H,9-10H2,1H3,(H,23,25)/b14-12-. The van der Waals surface area contributed by atoms with Crippen molar-refractivity contribution in [1.82, 2.24) is 5.32 Å². The average Bonchev–Trinajstić information content (AvgIpc) is 2.66. The highest BCUT2D eigenvalue weighted by molar-refractivity contribution is 6.43. The van der Waals surface area contributed by atoms with Crippen LogP contribution >= 0.6 is 23.2 Å². The predicted molar refractivity (Wildman–Crippen MR) is 103 cm³/mol. The summed E-state index contributed by atoms with van der Waals surface area (Å²) in [4.78, 5) is 12.1. The van der Waals surface area contributed by atoms with Crippen molar-refractivity contribution in [1.29, 1.82) is 5.26 Å². The maximum atomic E-state index is 12.1. The summed E-state index contributed by atoms with van der Waals surface area (Å²) in [7, 11) is 1.61. The van der Waals surface area contributed by atoms with Gasteiger partial charge in [0.05, 0.1) is 22.8 Å². The minimum atomic E-state index is -0.466. The zero-order valence-electron chi connectivity index (χ0n) is 14.1. The molecule has 0 bridgehead atoms. The molecule has 2 rings (SSSR count). The SMILES string of the molecule is COc1ccc(CCNC(=O)/C(C#N)=C\Nc2cccc(Cl)c2Cl)cc1. The molecule has 0 aliphatic rings. The van der Waals surface area contributed by atoms with Crippen molar-refractivity contribution in [2.24, 2.45) is 0 Å². The molecule has 7 heteroatoms. The monoisotopic (exact) mass is 389 g/mol. The minimum Gasteiger partial charge on any atom is -0.497 e. The van der Waals surface area contributed by atoms with E-state index in [0.29, 0.717) is 28.7 Å². The Morgan fingerprint density at radius 3 is 2.62 bits per heavy atom. The zero-order chi connectivity index (χ0) is 18.9. The van der Waals surface area contributed by atoms with Gasteiger partial charge in [-0.15, -0.1) is 0 Å². The summed E-state index contributed by atoms with van der Waals surface area (Å²) in [5.74, 6) is 0.310. The molecule has 1 amide bonds. The lowest BCUT2D eigenvalue weighted by Crippen LogP contribution is -2.27. The zero-order valence-corrected chi connectivity index (χ0v) is 15.6. The Hall–Kier alpha value is -2.68. The Bertz CT molecular complexity index is 843. The quantitative estimate of drug-likeness (QED) is 0.550. The summed E-state index contributed by atoms with van der Waals surface area (Å²) in [6, 6.07) is 14.5. The Morgan fingerprint density at radius 2 is 1.96 bits per heavy atom. The average molecular weight is 390 g/mol. The van der Waals surface area contributed by atoms with Crippen LogP contribution in [0.25, 0.3) is 0 Å². The van der Waals surface area contributed by atoms with E-state index in [9.17, 15) is 10.1 Å². The molecule has 2 N–H and O–H groups in total. The highest BCUT2D eigenvalue weighted by Gasteiger charge is 2.09. The van der Waals surface area contributed by atoms with Crippen LogP contribution in [0.15, 0.2) is 54.2 Å². The molecule has 0 aromatic heterocycles. The summed E-state index contributed by atoms with van der Waals surface area (Å²) in [5.41, 5.74) is 1.51. The first-order valence-electron chi connectivity index (χ1n) is 7.77. The Balaban J connectivity index is 1.91. The number of benzene rings is 2. The van der Waals surface area contributed by atoms with E-state index in [0.717, 1.165) is 11.3 Å². The van der Waals surface area contributed by atoms with E-state index in [1.807, 2.05) is 30.3 Å². The van der Waals surface area contributed by atoms with E-state index in [1.165, 1.54) is 6.20 Å². The first-order valence-corrected chi connectivity index (χ1v) is 8.52. The van der Waals surface area contributed by atoms with Crippen molar-refractivity contribution in [3.63, 3.8) is 0 Å². The summed E-state index contributed by atoms with van der Waals surface area (Å²) >= 11 is 12.0. The molecular weight excluding hydrogens is 373 g/mol. The molecule has 0 aliphatic heterocycles. The molecule has 0 heterocycles. The van der Waals surface area contributed by atoms with Crippen molar-refractivity contribution in [2.75, 3.05) is 19.0 Å². The van der Waals surface area contributed by atoms with Gasteiger partial charge < -0.3 is 15.4 Å².